The molecule has 1 heterocycles. The highest BCUT2D eigenvalue weighted by molar-refractivity contribution is 7.89. The summed E-state index contributed by atoms with van der Waals surface area (Å²) in [4.78, 5) is 15.0. The maximum Gasteiger partial charge on any atom is 0.243 e. The van der Waals surface area contributed by atoms with Gasteiger partial charge < -0.3 is 4.90 Å². The summed E-state index contributed by atoms with van der Waals surface area (Å²) in [5, 5.41) is 0. The van der Waals surface area contributed by atoms with E-state index in [2.05, 4.69) is 0 Å². The lowest BCUT2D eigenvalue weighted by Gasteiger charge is -2.28. The van der Waals surface area contributed by atoms with E-state index in [0.29, 0.717) is 37.5 Å². The van der Waals surface area contributed by atoms with Crippen LogP contribution in [0.15, 0.2) is 29.2 Å². The van der Waals surface area contributed by atoms with E-state index in [9.17, 15) is 13.2 Å². The first-order valence-electron chi connectivity index (χ1n) is 9.34. The smallest absolute Gasteiger partial charge is 0.243 e. The normalized spacial score (nSPS) is 21.1. The maximum absolute atomic E-state index is 12.9. The third-order valence-corrected chi connectivity index (χ3v) is 7.29. The summed E-state index contributed by atoms with van der Waals surface area (Å²) in [6.45, 7) is 3.96. The molecule has 2 aliphatic rings. The van der Waals surface area contributed by atoms with Crippen LogP contribution in [-0.4, -0.2) is 49.7 Å². The predicted octanol–water partition coefficient (Wildman–Crippen LogP) is 2.80. The number of hydrogen-bond donors (Lipinski definition) is 0. The van der Waals surface area contributed by atoms with E-state index in [4.69, 9.17) is 0 Å². The molecular formula is C19H28N2O3S. The molecule has 1 aromatic carbocycles. The molecular weight excluding hydrogens is 336 g/mol. The van der Waals surface area contributed by atoms with Gasteiger partial charge in [0.15, 0.2) is 0 Å². The van der Waals surface area contributed by atoms with Crippen LogP contribution in [0, 0.1) is 12.8 Å². The van der Waals surface area contributed by atoms with Gasteiger partial charge in [0, 0.05) is 32.1 Å². The molecule has 6 heteroatoms. The Morgan fingerprint density at radius 2 is 1.60 bits per heavy atom. The van der Waals surface area contributed by atoms with Crippen LogP contribution in [0.1, 0.15) is 44.1 Å². The van der Waals surface area contributed by atoms with Crippen LogP contribution in [0.4, 0.5) is 0 Å². The van der Waals surface area contributed by atoms with Crippen molar-refractivity contribution in [2.45, 2.75) is 50.3 Å². The predicted molar refractivity (Wildman–Crippen MR) is 97.7 cm³/mol. The second-order valence-corrected chi connectivity index (χ2v) is 9.17. The van der Waals surface area contributed by atoms with E-state index < -0.39 is 10.0 Å². The van der Waals surface area contributed by atoms with Gasteiger partial charge in [-0.15, -0.1) is 0 Å². The Kier molecular flexibility index (Phi) is 5.79. The highest BCUT2D eigenvalue weighted by Gasteiger charge is 2.31. The van der Waals surface area contributed by atoms with E-state index in [0.717, 1.165) is 31.2 Å². The summed E-state index contributed by atoms with van der Waals surface area (Å²) in [5.74, 6) is 0.378. The fourth-order valence-electron chi connectivity index (χ4n) is 3.82. The van der Waals surface area contributed by atoms with Gasteiger partial charge in [-0.05, 0) is 38.3 Å². The molecule has 1 aliphatic heterocycles. The second kappa shape index (κ2) is 7.87. The summed E-state index contributed by atoms with van der Waals surface area (Å²) < 4.78 is 27.2. The molecule has 1 amide bonds. The van der Waals surface area contributed by atoms with E-state index in [-0.39, 0.29) is 11.8 Å². The molecule has 138 valence electrons. The minimum atomic E-state index is -3.48. The zero-order chi connectivity index (χ0) is 17.9. The lowest BCUT2D eigenvalue weighted by atomic mass is 9.88. The molecule has 0 aromatic heterocycles. The standard InChI is InChI=1S/C19H28N2O3S/c1-16-8-10-18(11-9-16)25(23,24)21-13-5-12-20(14-15-21)19(22)17-6-3-2-4-7-17/h8-11,17H,2-7,12-15H2,1H3. The third kappa shape index (κ3) is 4.23. The minimum Gasteiger partial charge on any atom is -0.341 e. The van der Waals surface area contributed by atoms with Gasteiger partial charge in [-0.2, -0.15) is 4.31 Å². The van der Waals surface area contributed by atoms with Crippen LogP contribution in [-0.2, 0) is 14.8 Å². The molecule has 1 aliphatic carbocycles. The van der Waals surface area contributed by atoms with Gasteiger partial charge in [0.25, 0.3) is 0 Å². The zero-order valence-corrected chi connectivity index (χ0v) is 15.8. The lowest BCUT2D eigenvalue weighted by molar-refractivity contribution is -0.136. The monoisotopic (exact) mass is 364 g/mol. The van der Waals surface area contributed by atoms with E-state index >= 15 is 0 Å². The van der Waals surface area contributed by atoms with Crippen molar-refractivity contribution < 1.29 is 13.2 Å². The van der Waals surface area contributed by atoms with Gasteiger partial charge in [0.05, 0.1) is 4.90 Å². The number of rotatable bonds is 3. The average molecular weight is 365 g/mol. The number of hydrogen-bond acceptors (Lipinski definition) is 3. The summed E-state index contributed by atoms with van der Waals surface area (Å²) in [7, 11) is -3.48. The molecule has 1 saturated carbocycles. The molecule has 0 bridgehead atoms. The molecule has 1 saturated heterocycles. The van der Waals surface area contributed by atoms with Gasteiger partial charge in [-0.25, -0.2) is 8.42 Å². The number of amides is 1. The highest BCUT2D eigenvalue weighted by atomic mass is 32.2. The molecule has 0 N–H and O–H groups in total. The highest BCUT2D eigenvalue weighted by Crippen LogP contribution is 2.26. The quantitative estimate of drug-likeness (QED) is 0.829. The van der Waals surface area contributed by atoms with Gasteiger partial charge in [-0.3, -0.25) is 4.79 Å². The van der Waals surface area contributed by atoms with Crippen LogP contribution in [0.25, 0.3) is 0 Å². The number of aryl methyl sites for hydroxylation is 1. The average Bonchev–Trinajstić information content (AvgIpc) is 2.89. The lowest BCUT2D eigenvalue weighted by Crippen LogP contribution is -2.40. The Hall–Kier alpha value is -1.40. The van der Waals surface area contributed by atoms with E-state index in [1.165, 1.54) is 10.7 Å². The molecule has 0 atom stereocenters. The first-order chi connectivity index (χ1) is 12.0. The topological polar surface area (TPSA) is 57.7 Å². The Morgan fingerprint density at radius 3 is 2.28 bits per heavy atom. The molecule has 1 aromatic rings. The van der Waals surface area contributed by atoms with Crippen LogP contribution < -0.4 is 0 Å². The molecule has 5 nitrogen and oxygen atoms in total. The second-order valence-electron chi connectivity index (χ2n) is 7.23. The Labute approximate surface area is 151 Å². The Balaban J connectivity index is 1.66. The van der Waals surface area contributed by atoms with Gasteiger partial charge in [0.1, 0.15) is 0 Å². The van der Waals surface area contributed by atoms with Crippen molar-refractivity contribution in [3.63, 3.8) is 0 Å². The number of carbonyl (C=O) groups excluding carboxylic acids is 1. The van der Waals surface area contributed by atoms with E-state index in [1.54, 1.807) is 12.1 Å². The fraction of sp³-hybridized carbons (Fsp3) is 0.632. The van der Waals surface area contributed by atoms with Crippen molar-refractivity contribution in [2.24, 2.45) is 5.92 Å². The van der Waals surface area contributed by atoms with Crippen molar-refractivity contribution in [1.29, 1.82) is 0 Å². The van der Waals surface area contributed by atoms with Crippen LogP contribution in [0.2, 0.25) is 0 Å². The van der Waals surface area contributed by atoms with Gasteiger partial charge >= 0.3 is 0 Å². The number of benzene rings is 1. The Morgan fingerprint density at radius 1 is 0.920 bits per heavy atom. The van der Waals surface area contributed by atoms with Crippen LogP contribution >= 0.6 is 0 Å². The minimum absolute atomic E-state index is 0.147. The van der Waals surface area contributed by atoms with Crippen molar-refractivity contribution in [3.05, 3.63) is 29.8 Å². The molecule has 3 rings (SSSR count). The van der Waals surface area contributed by atoms with Crippen molar-refractivity contribution >= 4 is 15.9 Å². The van der Waals surface area contributed by atoms with Crippen molar-refractivity contribution in [3.8, 4) is 0 Å². The number of carbonyl (C=O) groups is 1. The van der Waals surface area contributed by atoms with Crippen LogP contribution in [0.3, 0.4) is 0 Å². The van der Waals surface area contributed by atoms with Crippen LogP contribution in [0.5, 0.6) is 0 Å². The molecule has 0 unspecified atom stereocenters. The number of sulfonamides is 1. The number of nitrogens with zero attached hydrogens (tertiary/aromatic N) is 2. The first kappa shape index (κ1) is 18.4. The molecule has 0 spiro atoms. The zero-order valence-electron chi connectivity index (χ0n) is 15.0. The first-order valence-corrected chi connectivity index (χ1v) is 10.8. The largest absolute Gasteiger partial charge is 0.341 e. The summed E-state index contributed by atoms with van der Waals surface area (Å²) in [6, 6.07) is 6.98. The maximum atomic E-state index is 12.9. The third-order valence-electron chi connectivity index (χ3n) is 5.38. The molecule has 2 fully saturated rings. The Bertz CT molecular complexity index is 694. The van der Waals surface area contributed by atoms with Gasteiger partial charge in [-0.1, -0.05) is 37.0 Å². The summed E-state index contributed by atoms with van der Waals surface area (Å²) in [6.07, 6.45) is 6.17. The summed E-state index contributed by atoms with van der Waals surface area (Å²) >= 11 is 0. The molecule has 0 radical (unpaired) electrons. The fourth-order valence-corrected chi connectivity index (χ4v) is 5.29. The SMILES string of the molecule is Cc1ccc(S(=O)(=O)N2CCCN(C(=O)C3CCCCC3)CC2)cc1. The van der Waals surface area contributed by atoms with Crippen molar-refractivity contribution in [1.82, 2.24) is 9.21 Å². The van der Waals surface area contributed by atoms with Crippen molar-refractivity contribution in [2.75, 3.05) is 26.2 Å². The summed E-state index contributed by atoms with van der Waals surface area (Å²) in [5.41, 5.74) is 1.04. The van der Waals surface area contributed by atoms with E-state index in [1.807, 2.05) is 24.0 Å². The van der Waals surface area contributed by atoms with Gasteiger partial charge in [0.2, 0.25) is 15.9 Å². The molecule has 25 heavy (non-hydrogen) atoms.